The molecular formula is C40H38ClF3N10O7S. The summed E-state index contributed by atoms with van der Waals surface area (Å²) in [6.45, 7) is 0.703. The van der Waals surface area contributed by atoms with Crippen molar-refractivity contribution in [3.8, 4) is 17.3 Å². The standard InChI is InChI=1S/C40H38ClF3N10O7S/c1-59-34(58)29(20-45-32(56)33(57)46-27-10-2-23(3-11-27)30-21-62-38(49-30)54-16-18-60-19-17-54)48-31(55)24-4-12-28(13-5-24)47-35-50-36(52-37(51-35)61-22-40(42,43)44)53-39(14-15-39)25-6-8-26(41)9-7-25/h2-13,21,29H,14-20,22H2,1H3,(H,45,56)(H,46,57)(H,48,55)(H2,47,50,51,52,53)/t29-/m0/s1. The molecule has 1 saturated carbocycles. The van der Waals surface area contributed by atoms with E-state index >= 15 is 0 Å². The van der Waals surface area contributed by atoms with Gasteiger partial charge in [-0.15, -0.1) is 11.3 Å². The van der Waals surface area contributed by atoms with Gasteiger partial charge in [0.2, 0.25) is 11.9 Å². The molecule has 0 spiro atoms. The molecule has 2 aliphatic rings. The average Bonchev–Trinajstić information content (AvgIpc) is 3.87. The van der Waals surface area contributed by atoms with E-state index in [1.807, 2.05) is 17.5 Å². The predicted molar refractivity (Wildman–Crippen MR) is 223 cm³/mol. The van der Waals surface area contributed by atoms with Crippen LogP contribution < -0.4 is 36.2 Å². The van der Waals surface area contributed by atoms with Gasteiger partial charge in [-0.2, -0.15) is 28.1 Å². The summed E-state index contributed by atoms with van der Waals surface area (Å²) in [6.07, 6.45) is -3.25. The van der Waals surface area contributed by atoms with E-state index < -0.39 is 60.6 Å². The number of nitrogens with one attached hydrogen (secondary N) is 5. The zero-order valence-corrected chi connectivity index (χ0v) is 34.3. The van der Waals surface area contributed by atoms with Crippen molar-refractivity contribution < 1.29 is 46.6 Å². The highest BCUT2D eigenvalue weighted by Crippen LogP contribution is 2.48. The number of benzene rings is 3. The quantitative estimate of drug-likeness (QED) is 0.0668. The number of halogens is 4. The monoisotopic (exact) mass is 894 g/mol. The average molecular weight is 895 g/mol. The van der Waals surface area contributed by atoms with E-state index in [1.54, 1.807) is 36.4 Å². The van der Waals surface area contributed by atoms with Gasteiger partial charge in [0.05, 0.1) is 31.6 Å². The Bertz CT molecular complexity index is 2400. The van der Waals surface area contributed by atoms with Crippen LogP contribution in [0.25, 0.3) is 11.3 Å². The summed E-state index contributed by atoms with van der Waals surface area (Å²) in [5.74, 6) is -3.88. The Morgan fingerprint density at radius 3 is 2.23 bits per heavy atom. The Balaban J connectivity index is 0.936. The molecule has 0 radical (unpaired) electrons. The van der Waals surface area contributed by atoms with E-state index in [-0.39, 0.29) is 17.5 Å². The molecule has 3 aromatic carbocycles. The topological polar surface area (TPSA) is 211 Å². The number of anilines is 5. The third-order valence-electron chi connectivity index (χ3n) is 9.56. The molecule has 1 aliphatic carbocycles. The van der Waals surface area contributed by atoms with Crippen LogP contribution in [0.1, 0.15) is 28.8 Å². The van der Waals surface area contributed by atoms with Gasteiger partial charge in [-0.1, -0.05) is 35.9 Å². The Labute approximate surface area is 360 Å². The van der Waals surface area contributed by atoms with Crippen molar-refractivity contribution in [1.82, 2.24) is 30.6 Å². The van der Waals surface area contributed by atoms with Gasteiger partial charge >= 0.3 is 30.0 Å². The Hall–Kier alpha value is -6.58. The molecule has 1 aliphatic heterocycles. The van der Waals surface area contributed by atoms with Crippen molar-refractivity contribution in [1.29, 1.82) is 0 Å². The molecule has 2 aromatic heterocycles. The number of aromatic nitrogens is 4. The number of methoxy groups -OCH3 is 1. The summed E-state index contributed by atoms with van der Waals surface area (Å²) in [4.78, 5) is 70.4. The number of morpholine rings is 1. The summed E-state index contributed by atoms with van der Waals surface area (Å²) >= 11 is 7.57. The zero-order chi connectivity index (χ0) is 43.9. The molecule has 2 fully saturated rings. The molecule has 3 amide bonds. The number of esters is 1. The molecule has 0 unspecified atom stereocenters. The van der Waals surface area contributed by atoms with Crippen molar-refractivity contribution in [2.75, 3.05) is 67.4 Å². The lowest BCUT2D eigenvalue weighted by Crippen LogP contribution is -2.50. The first kappa shape index (κ1) is 43.5. The zero-order valence-electron chi connectivity index (χ0n) is 32.8. The van der Waals surface area contributed by atoms with Crippen molar-refractivity contribution >= 4 is 75.0 Å². The molecule has 5 N–H and O–H groups in total. The van der Waals surface area contributed by atoms with E-state index in [1.165, 1.54) is 35.6 Å². The lowest BCUT2D eigenvalue weighted by atomic mass is 10.1. The van der Waals surface area contributed by atoms with Gasteiger partial charge in [-0.25, -0.2) is 9.78 Å². The maximum Gasteiger partial charge on any atom is 0.422 e. The molecular weight excluding hydrogens is 857 g/mol. The number of nitrogens with zero attached hydrogens (tertiary/aromatic N) is 5. The number of ether oxygens (including phenoxy) is 3. The van der Waals surface area contributed by atoms with Gasteiger partial charge in [0.15, 0.2) is 11.7 Å². The minimum absolute atomic E-state index is 0.0405. The second kappa shape index (κ2) is 19.0. The van der Waals surface area contributed by atoms with Crippen LogP contribution in [-0.4, -0.2) is 102 Å². The second-order valence-electron chi connectivity index (χ2n) is 14.0. The number of carbonyl (C=O) groups excluding carboxylic acids is 4. The molecule has 0 bridgehead atoms. The number of rotatable bonds is 15. The van der Waals surface area contributed by atoms with Crippen molar-refractivity contribution in [3.63, 3.8) is 0 Å². The Kier molecular flexibility index (Phi) is 13.3. The molecule has 5 aromatic rings. The summed E-state index contributed by atoms with van der Waals surface area (Å²) in [5, 5.41) is 16.7. The largest absolute Gasteiger partial charge is 0.467 e. The number of thiazole rings is 1. The fourth-order valence-electron chi connectivity index (χ4n) is 6.17. The molecule has 17 nitrogen and oxygen atoms in total. The molecule has 324 valence electrons. The van der Waals surface area contributed by atoms with Crippen LogP contribution in [0.5, 0.6) is 6.01 Å². The summed E-state index contributed by atoms with van der Waals surface area (Å²) in [6, 6.07) is 17.6. The van der Waals surface area contributed by atoms with Gasteiger partial charge in [0, 0.05) is 52.5 Å². The third kappa shape index (κ3) is 11.4. The summed E-state index contributed by atoms with van der Waals surface area (Å²) in [5.41, 5.74) is 2.66. The molecule has 1 saturated heterocycles. The summed E-state index contributed by atoms with van der Waals surface area (Å²) < 4.78 is 54.1. The first-order chi connectivity index (χ1) is 29.8. The minimum atomic E-state index is -4.65. The van der Waals surface area contributed by atoms with Crippen LogP contribution in [-0.2, 0) is 29.4 Å². The van der Waals surface area contributed by atoms with Crippen LogP contribution in [0, 0.1) is 0 Å². The number of hydrogen-bond acceptors (Lipinski definition) is 15. The van der Waals surface area contributed by atoms with Crippen molar-refractivity contribution in [2.24, 2.45) is 0 Å². The first-order valence-electron chi connectivity index (χ1n) is 19.0. The van der Waals surface area contributed by atoms with E-state index in [0.29, 0.717) is 42.5 Å². The van der Waals surface area contributed by atoms with E-state index in [0.717, 1.165) is 42.2 Å². The lowest BCUT2D eigenvalue weighted by molar-refractivity contribution is -0.154. The molecule has 3 heterocycles. The van der Waals surface area contributed by atoms with Crippen molar-refractivity contribution in [3.05, 3.63) is 94.3 Å². The first-order valence-corrected chi connectivity index (χ1v) is 20.2. The van der Waals surface area contributed by atoms with Crippen LogP contribution in [0.4, 0.5) is 41.6 Å². The second-order valence-corrected chi connectivity index (χ2v) is 15.3. The predicted octanol–water partition coefficient (Wildman–Crippen LogP) is 5.30. The van der Waals surface area contributed by atoms with Crippen LogP contribution in [0.3, 0.4) is 0 Å². The highest BCUT2D eigenvalue weighted by molar-refractivity contribution is 7.14. The fraction of sp³-hybridized carbons (Fsp3) is 0.300. The summed E-state index contributed by atoms with van der Waals surface area (Å²) in [7, 11) is 1.10. The number of amides is 3. The SMILES string of the molecule is COC(=O)[C@H](CNC(=O)C(=O)Nc1ccc(-c2csc(N3CCOCC3)n2)cc1)NC(=O)c1ccc(Nc2nc(NC3(c4ccc(Cl)cc4)CC3)nc(OCC(F)(F)F)n2)cc1. The molecule has 7 rings (SSSR count). The van der Waals surface area contributed by atoms with Crippen LogP contribution >= 0.6 is 22.9 Å². The molecule has 62 heavy (non-hydrogen) atoms. The minimum Gasteiger partial charge on any atom is -0.467 e. The lowest BCUT2D eigenvalue weighted by Gasteiger charge is -2.26. The van der Waals surface area contributed by atoms with E-state index in [9.17, 15) is 32.3 Å². The Morgan fingerprint density at radius 2 is 1.56 bits per heavy atom. The number of hydrogen-bond donors (Lipinski definition) is 5. The highest BCUT2D eigenvalue weighted by atomic mass is 35.5. The van der Waals surface area contributed by atoms with Gasteiger partial charge < -0.3 is 45.7 Å². The number of alkyl halides is 3. The smallest absolute Gasteiger partial charge is 0.422 e. The van der Waals surface area contributed by atoms with Gasteiger partial charge in [-0.05, 0) is 66.9 Å². The van der Waals surface area contributed by atoms with Crippen molar-refractivity contribution in [2.45, 2.75) is 30.6 Å². The van der Waals surface area contributed by atoms with Gasteiger partial charge in [0.1, 0.15) is 6.04 Å². The maximum atomic E-state index is 13.2. The van der Waals surface area contributed by atoms with Crippen LogP contribution in [0.15, 0.2) is 78.2 Å². The van der Waals surface area contributed by atoms with E-state index in [2.05, 4.69) is 46.4 Å². The van der Waals surface area contributed by atoms with Gasteiger partial charge in [0.25, 0.3) is 5.91 Å². The maximum absolute atomic E-state index is 13.2. The molecule has 1 atom stereocenters. The van der Waals surface area contributed by atoms with E-state index in [4.69, 9.17) is 30.8 Å². The normalized spacial score (nSPS) is 14.8. The Morgan fingerprint density at radius 1 is 0.887 bits per heavy atom. The third-order valence-corrected chi connectivity index (χ3v) is 10.7. The highest BCUT2D eigenvalue weighted by Gasteiger charge is 2.45. The fourth-order valence-corrected chi connectivity index (χ4v) is 7.18. The van der Waals surface area contributed by atoms with Gasteiger partial charge in [-0.3, -0.25) is 14.4 Å². The number of carbonyl (C=O) groups is 4. The van der Waals surface area contributed by atoms with Crippen LogP contribution in [0.2, 0.25) is 5.02 Å². The molecule has 22 heteroatoms.